The summed E-state index contributed by atoms with van der Waals surface area (Å²) in [5, 5.41) is 0. The van der Waals surface area contributed by atoms with Crippen LogP contribution in [0, 0.1) is 12.8 Å². The molecule has 0 bridgehead atoms. The molecule has 0 aliphatic carbocycles. The molecule has 3 N–H and O–H groups in total. The van der Waals surface area contributed by atoms with E-state index in [4.69, 9.17) is 5.84 Å². The lowest BCUT2D eigenvalue weighted by Gasteiger charge is -2.21. The van der Waals surface area contributed by atoms with Crippen LogP contribution in [-0.4, -0.2) is 0 Å². The van der Waals surface area contributed by atoms with E-state index in [9.17, 15) is 0 Å². The SMILES string of the molecule is CCC(C)CC(NN)c1cccc(C)c1Br. The summed E-state index contributed by atoms with van der Waals surface area (Å²) in [5.74, 6) is 6.33. The van der Waals surface area contributed by atoms with Crippen molar-refractivity contribution in [2.75, 3.05) is 0 Å². The second kappa shape index (κ2) is 6.38. The molecular formula is C13H21BrN2. The number of nitrogens with two attached hydrogens (primary N) is 1. The maximum Gasteiger partial charge on any atom is 0.0473 e. The first-order valence-corrected chi connectivity index (χ1v) is 6.60. The van der Waals surface area contributed by atoms with Crippen molar-refractivity contribution >= 4 is 15.9 Å². The molecule has 16 heavy (non-hydrogen) atoms. The molecule has 1 aromatic rings. The van der Waals surface area contributed by atoms with Gasteiger partial charge in [0.05, 0.1) is 0 Å². The van der Waals surface area contributed by atoms with E-state index >= 15 is 0 Å². The first kappa shape index (κ1) is 13.7. The molecule has 1 aromatic carbocycles. The van der Waals surface area contributed by atoms with Crippen molar-refractivity contribution in [2.45, 2.75) is 39.7 Å². The topological polar surface area (TPSA) is 38.0 Å². The van der Waals surface area contributed by atoms with Crippen molar-refractivity contribution in [1.82, 2.24) is 5.43 Å². The van der Waals surface area contributed by atoms with Crippen molar-refractivity contribution in [3.63, 3.8) is 0 Å². The van der Waals surface area contributed by atoms with Gasteiger partial charge in [-0.2, -0.15) is 0 Å². The van der Waals surface area contributed by atoms with E-state index in [1.807, 2.05) is 0 Å². The molecule has 0 amide bonds. The van der Waals surface area contributed by atoms with Crippen LogP contribution in [0.1, 0.15) is 43.9 Å². The number of halogens is 1. The highest BCUT2D eigenvalue weighted by molar-refractivity contribution is 9.10. The number of hydrogen-bond acceptors (Lipinski definition) is 2. The molecule has 0 fully saturated rings. The summed E-state index contributed by atoms with van der Waals surface area (Å²) in [4.78, 5) is 0. The Morgan fingerprint density at radius 2 is 2.12 bits per heavy atom. The highest BCUT2D eigenvalue weighted by Gasteiger charge is 2.16. The Morgan fingerprint density at radius 1 is 1.44 bits per heavy atom. The minimum Gasteiger partial charge on any atom is -0.271 e. The molecule has 3 heteroatoms. The lowest BCUT2D eigenvalue weighted by Crippen LogP contribution is -2.29. The Bertz CT molecular complexity index is 339. The van der Waals surface area contributed by atoms with Gasteiger partial charge in [0, 0.05) is 10.5 Å². The Morgan fingerprint density at radius 3 is 2.69 bits per heavy atom. The van der Waals surface area contributed by atoms with Gasteiger partial charge in [0.2, 0.25) is 0 Å². The van der Waals surface area contributed by atoms with Crippen molar-refractivity contribution in [3.05, 3.63) is 33.8 Å². The molecule has 0 aliphatic heterocycles. The normalized spacial score (nSPS) is 14.8. The van der Waals surface area contributed by atoms with Gasteiger partial charge in [0.25, 0.3) is 0 Å². The van der Waals surface area contributed by atoms with Crippen molar-refractivity contribution in [2.24, 2.45) is 11.8 Å². The van der Waals surface area contributed by atoms with Gasteiger partial charge in [0.15, 0.2) is 0 Å². The summed E-state index contributed by atoms with van der Waals surface area (Å²) in [6.45, 7) is 6.57. The zero-order chi connectivity index (χ0) is 12.1. The van der Waals surface area contributed by atoms with Gasteiger partial charge < -0.3 is 0 Å². The maximum absolute atomic E-state index is 5.66. The predicted molar refractivity (Wildman–Crippen MR) is 73.0 cm³/mol. The van der Waals surface area contributed by atoms with E-state index in [0.717, 1.165) is 6.42 Å². The summed E-state index contributed by atoms with van der Waals surface area (Å²) in [7, 11) is 0. The molecule has 2 nitrogen and oxygen atoms in total. The minimum absolute atomic E-state index is 0.226. The van der Waals surface area contributed by atoms with Gasteiger partial charge in [-0.15, -0.1) is 0 Å². The van der Waals surface area contributed by atoms with Crippen LogP contribution in [0.25, 0.3) is 0 Å². The maximum atomic E-state index is 5.66. The Hall–Kier alpha value is -0.380. The van der Waals surface area contributed by atoms with Gasteiger partial charge in [-0.05, 0) is 30.4 Å². The number of nitrogens with one attached hydrogen (secondary N) is 1. The molecule has 0 saturated heterocycles. The second-order valence-corrected chi connectivity index (χ2v) is 5.24. The zero-order valence-electron chi connectivity index (χ0n) is 10.3. The van der Waals surface area contributed by atoms with E-state index in [-0.39, 0.29) is 6.04 Å². The summed E-state index contributed by atoms with van der Waals surface area (Å²) in [6, 6.07) is 6.54. The van der Waals surface area contributed by atoms with Crippen LogP contribution < -0.4 is 11.3 Å². The smallest absolute Gasteiger partial charge is 0.0473 e. The molecule has 0 radical (unpaired) electrons. The van der Waals surface area contributed by atoms with Crippen molar-refractivity contribution in [3.8, 4) is 0 Å². The fourth-order valence-electron chi connectivity index (χ4n) is 1.79. The Kier molecular flexibility index (Phi) is 5.46. The first-order valence-electron chi connectivity index (χ1n) is 5.81. The van der Waals surface area contributed by atoms with E-state index in [1.165, 1.54) is 22.0 Å². The van der Waals surface area contributed by atoms with Crippen LogP contribution in [0.3, 0.4) is 0 Å². The highest BCUT2D eigenvalue weighted by Crippen LogP contribution is 2.30. The van der Waals surface area contributed by atoms with Gasteiger partial charge in [-0.25, -0.2) is 0 Å². The van der Waals surface area contributed by atoms with E-state index in [1.54, 1.807) is 0 Å². The quantitative estimate of drug-likeness (QED) is 0.639. The third-order valence-electron chi connectivity index (χ3n) is 3.13. The summed E-state index contributed by atoms with van der Waals surface area (Å²) in [6.07, 6.45) is 2.25. The van der Waals surface area contributed by atoms with E-state index in [2.05, 4.69) is 60.3 Å². The lowest BCUT2D eigenvalue weighted by atomic mass is 9.94. The summed E-state index contributed by atoms with van der Waals surface area (Å²) < 4.78 is 1.17. The largest absolute Gasteiger partial charge is 0.271 e. The molecular weight excluding hydrogens is 264 g/mol. The average Bonchev–Trinajstić information content (AvgIpc) is 2.29. The van der Waals surface area contributed by atoms with Gasteiger partial charge in [-0.3, -0.25) is 11.3 Å². The average molecular weight is 285 g/mol. The van der Waals surface area contributed by atoms with Crippen LogP contribution in [0.5, 0.6) is 0 Å². The number of rotatable bonds is 5. The second-order valence-electron chi connectivity index (χ2n) is 4.45. The third kappa shape index (κ3) is 3.30. The van der Waals surface area contributed by atoms with E-state index in [0.29, 0.717) is 5.92 Å². The molecule has 0 aliphatic rings. The van der Waals surface area contributed by atoms with Gasteiger partial charge in [0.1, 0.15) is 0 Å². The first-order chi connectivity index (χ1) is 7.60. The Balaban J connectivity index is 2.90. The Labute approximate surface area is 107 Å². The molecule has 90 valence electrons. The van der Waals surface area contributed by atoms with Gasteiger partial charge in [-0.1, -0.05) is 54.4 Å². The van der Waals surface area contributed by atoms with Crippen LogP contribution in [-0.2, 0) is 0 Å². The fourth-order valence-corrected chi connectivity index (χ4v) is 2.33. The van der Waals surface area contributed by atoms with Crippen LogP contribution in [0.15, 0.2) is 22.7 Å². The number of hydrogen-bond donors (Lipinski definition) is 2. The number of aryl methyl sites for hydroxylation is 1. The zero-order valence-corrected chi connectivity index (χ0v) is 11.8. The molecule has 1 rings (SSSR count). The molecule has 2 atom stereocenters. The monoisotopic (exact) mass is 284 g/mol. The molecule has 0 aromatic heterocycles. The number of hydrazine groups is 1. The van der Waals surface area contributed by atoms with Crippen molar-refractivity contribution < 1.29 is 0 Å². The summed E-state index contributed by atoms with van der Waals surface area (Å²) >= 11 is 3.64. The number of benzene rings is 1. The lowest BCUT2D eigenvalue weighted by molar-refractivity contribution is 0.407. The minimum atomic E-state index is 0.226. The van der Waals surface area contributed by atoms with Crippen LogP contribution >= 0.6 is 15.9 Å². The third-order valence-corrected chi connectivity index (χ3v) is 4.22. The standard InChI is InChI=1S/C13H21BrN2/c1-4-9(2)8-12(16-15)11-7-5-6-10(3)13(11)14/h5-7,9,12,16H,4,8,15H2,1-3H3. The van der Waals surface area contributed by atoms with Crippen LogP contribution in [0.2, 0.25) is 0 Å². The molecule has 0 heterocycles. The van der Waals surface area contributed by atoms with Crippen molar-refractivity contribution in [1.29, 1.82) is 0 Å². The fraction of sp³-hybridized carbons (Fsp3) is 0.538. The summed E-state index contributed by atoms with van der Waals surface area (Å²) in [5.41, 5.74) is 5.43. The molecule has 0 saturated carbocycles. The van der Waals surface area contributed by atoms with Crippen LogP contribution in [0.4, 0.5) is 0 Å². The highest BCUT2D eigenvalue weighted by atomic mass is 79.9. The molecule has 2 unspecified atom stereocenters. The molecule has 0 spiro atoms. The predicted octanol–water partition coefficient (Wildman–Crippen LogP) is 3.70. The van der Waals surface area contributed by atoms with E-state index < -0.39 is 0 Å². The van der Waals surface area contributed by atoms with Gasteiger partial charge >= 0.3 is 0 Å².